The average Bonchev–Trinajstić information content (AvgIpc) is 3.33. The number of carbonyl (C=O) groups is 1. The van der Waals surface area contributed by atoms with Crippen LogP contribution < -0.4 is 10.1 Å². The van der Waals surface area contributed by atoms with Crippen LogP contribution in [0.1, 0.15) is 29.7 Å². The van der Waals surface area contributed by atoms with E-state index < -0.39 is 0 Å². The number of piperazine rings is 2. The number of aryl methyl sites for hydroxylation is 2. The molecule has 3 aliphatic rings. The van der Waals surface area contributed by atoms with E-state index in [1.54, 1.807) is 7.11 Å². The molecule has 0 spiro atoms. The number of quaternary nitrogens is 1. The minimum atomic E-state index is -0.308. The Balaban J connectivity index is 1.25. The fraction of sp³-hybridized carbons (Fsp3) is 0.500. The molecule has 3 heterocycles. The van der Waals surface area contributed by atoms with Gasteiger partial charge >= 0.3 is 0 Å². The number of hydrogen-bond acceptors (Lipinski definition) is 5. The number of amides is 1. The Morgan fingerprint density at radius 1 is 0.957 bits per heavy atom. The molecule has 2 saturated heterocycles. The van der Waals surface area contributed by atoms with Crippen molar-refractivity contribution >= 4 is 23.0 Å². The van der Waals surface area contributed by atoms with Gasteiger partial charge in [0.15, 0.2) is 5.66 Å². The number of anilines is 1. The Labute approximate surface area is 275 Å². The molecule has 1 unspecified atom stereocenters. The van der Waals surface area contributed by atoms with Crippen molar-refractivity contribution in [1.29, 1.82) is 0 Å². The quantitative estimate of drug-likeness (QED) is 0.225. The maximum absolute atomic E-state index is 11.8. The zero-order chi connectivity index (χ0) is 32.1. The van der Waals surface area contributed by atoms with Crippen LogP contribution in [0.4, 0.5) is 5.69 Å². The van der Waals surface area contributed by atoms with Gasteiger partial charge in [-0.3, -0.25) is 9.28 Å². The summed E-state index contributed by atoms with van der Waals surface area (Å²) in [5.74, 6) is 0.885. The largest absolute Gasteiger partial charge is 0.497 e. The molecule has 1 atom stereocenters. The van der Waals surface area contributed by atoms with E-state index in [4.69, 9.17) is 4.74 Å². The van der Waals surface area contributed by atoms with Crippen LogP contribution in [-0.2, 0) is 17.8 Å². The number of fused-ring (bicyclic) bond motifs is 1. The summed E-state index contributed by atoms with van der Waals surface area (Å²) in [6, 6.07) is 15.5. The zero-order valence-corrected chi connectivity index (χ0v) is 28.4. The number of ether oxygens (including phenoxy) is 1. The van der Waals surface area contributed by atoms with Gasteiger partial charge in [0.2, 0.25) is 6.41 Å². The van der Waals surface area contributed by atoms with E-state index in [-0.39, 0.29) is 5.66 Å². The predicted octanol–water partition coefficient (Wildman–Crippen LogP) is 5.06. The smallest absolute Gasteiger partial charge is 0.210 e. The Kier molecular flexibility index (Phi) is 9.87. The van der Waals surface area contributed by atoms with E-state index in [0.717, 1.165) is 81.0 Å². The highest BCUT2D eigenvalue weighted by Gasteiger charge is 2.50. The van der Waals surface area contributed by atoms with E-state index in [1.165, 1.54) is 60.3 Å². The molecular formula is C38H53N6O2+. The van der Waals surface area contributed by atoms with Gasteiger partial charge in [0.25, 0.3) is 0 Å². The van der Waals surface area contributed by atoms with Crippen molar-refractivity contribution in [1.82, 2.24) is 19.3 Å². The summed E-state index contributed by atoms with van der Waals surface area (Å²) in [5, 5.41) is 5.45. The van der Waals surface area contributed by atoms with Crippen LogP contribution in [0.3, 0.4) is 0 Å². The number of likely N-dealkylation sites (N-methyl/N-ethyl adjacent to an activating group) is 1. The number of aromatic nitrogens is 1. The van der Waals surface area contributed by atoms with E-state index in [1.807, 2.05) is 4.90 Å². The number of nitrogens with zero attached hydrogens (tertiary/aromatic N) is 5. The summed E-state index contributed by atoms with van der Waals surface area (Å²) in [6.45, 7) is 15.8. The van der Waals surface area contributed by atoms with Gasteiger partial charge in [0.1, 0.15) is 5.75 Å². The highest BCUT2D eigenvalue weighted by molar-refractivity contribution is 5.88. The Morgan fingerprint density at radius 2 is 1.72 bits per heavy atom. The van der Waals surface area contributed by atoms with Gasteiger partial charge in [-0.1, -0.05) is 30.4 Å². The molecule has 3 aromatic rings. The number of allylic oxidation sites excluding steroid dienone is 2. The Hall–Kier alpha value is -3.59. The molecule has 46 heavy (non-hydrogen) atoms. The molecule has 1 aliphatic carbocycles. The molecule has 8 heteroatoms. The van der Waals surface area contributed by atoms with Crippen LogP contribution in [0.25, 0.3) is 10.9 Å². The molecular weight excluding hydrogens is 572 g/mol. The van der Waals surface area contributed by atoms with Gasteiger partial charge in [-0.25, -0.2) is 0 Å². The number of methoxy groups -OCH3 is 1. The minimum absolute atomic E-state index is 0.308. The van der Waals surface area contributed by atoms with Crippen molar-refractivity contribution in [2.45, 2.75) is 45.3 Å². The summed E-state index contributed by atoms with van der Waals surface area (Å²) < 4.78 is 8.82. The first-order valence-corrected chi connectivity index (χ1v) is 17.2. The normalized spacial score (nSPS) is 22.0. The second kappa shape index (κ2) is 14.0. The summed E-state index contributed by atoms with van der Waals surface area (Å²) in [7, 11) is 3.93. The molecule has 6 rings (SSSR count). The fourth-order valence-corrected chi connectivity index (χ4v) is 7.89. The molecule has 2 aromatic carbocycles. The topological polar surface area (TPSA) is 53.0 Å². The van der Waals surface area contributed by atoms with E-state index in [2.05, 4.69) is 107 Å². The molecule has 1 aromatic heterocycles. The molecule has 0 bridgehead atoms. The molecule has 1 N–H and O–H groups in total. The van der Waals surface area contributed by atoms with Gasteiger partial charge in [0, 0.05) is 67.8 Å². The van der Waals surface area contributed by atoms with Gasteiger partial charge in [-0.15, -0.1) is 0 Å². The predicted molar refractivity (Wildman–Crippen MR) is 188 cm³/mol. The maximum atomic E-state index is 11.8. The van der Waals surface area contributed by atoms with Crippen molar-refractivity contribution in [3.8, 4) is 5.75 Å². The lowest BCUT2D eigenvalue weighted by atomic mass is 9.92. The van der Waals surface area contributed by atoms with Gasteiger partial charge in [-0.2, -0.15) is 0 Å². The summed E-state index contributed by atoms with van der Waals surface area (Å²) in [4.78, 5) is 18.7. The van der Waals surface area contributed by atoms with Crippen molar-refractivity contribution in [2.75, 3.05) is 84.9 Å². The van der Waals surface area contributed by atoms with Crippen LogP contribution >= 0.6 is 0 Å². The lowest BCUT2D eigenvalue weighted by molar-refractivity contribution is -0.968. The van der Waals surface area contributed by atoms with Crippen molar-refractivity contribution in [2.24, 2.45) is 0 Å². The third-order valence-electron chi connectivity index (χ3n) is 11.1. The number of hydrogen-bond donors (Lipinski definition) is 1. The van der Waals surface area contributed by atoms with Crippen molar-refractivity contribution in [3.05, 3.63) is 83.6 Å². The van der Waals surface area contributed by atoms with Gasteiger partial charge in [0.05, 0.1) is 39.8 Å². The van der Waals surface area contributed by atoms with Gasteiger partial charge in [-0.05, 0) is 81.4 Å². The van der Waals surface area contributed by atoms with E-state index in [9.17, 15) is 4.79 Å². The highest BCUT2D eigenvalue weighted by Crippen LogP contribution is 2.38. The minimum Gasteiger partial charge on any atom is -0.497 e. The van der Waals surface area contributed by atoms with Crippen LogP contribution in [0, 0.1) is 13.8 Å². The number of nitrogens with one attached hydrogen (secondary N) is 1. The number of rotatable bonds is 12. The lowest BCUT2D eigenvalue weighted by Crippen LogP contribution is -2.73. The number of carbonyl (C=O) groups excluding carboxylic acids is 1. The number of benzene rings is 2. The second-order valence-electron chi connectivity index (χ2n) is 13.7. The first-order valence-electron chi connectivity index (χ1n) is 17.2. The standard InChI is InChI=1S/C38H53N6O2/c1-31-32(2)43(19-8-18-41-22-20-40(3)21-23-41)37-14-11-34(29-36(31)37)39-38(16-6-5-7-17-38)44(27-24-42(30-45)25-28-44)26-15-33-9-12-35(46-4)13-10-33/h5-7,9-14,16,29-30,39H,8,15,17-28H2,1-4H3/q+1. The van der Waals surface area contributed by atoms with Crippen LogP contribution in [0.15, 0.2) is 66.8 Å². The third-order valence-corrected chi connectivity index (χ3v) is 11.1. The van der Waals surface area contributed by atoms with Crippen LogP contribution in [0.5, 0.6) is 5.75 Å². The van der Waals surface area contributed by atoms with Crippen LogP contribution in [0.2, 0.25) is 0 Å². The molecule has 0 radical (unpaired) electrons. The maximum Gasteiger partial charge on any atom is 0.210 e. The summed E-state index contributed by atoms with van der Waals surface area (Å²) in [6.07, 6.45) is 13.1. The molecule has 0 saturated carbocycles. The first kappa shape index (κ1) is 32.4. The zero-order valence-electron chi connectivity index (χ0n) is 28.4. The first-order chi connectivity index (χ1) is 22.3. The van der Waals surface area contributed by atoms with Crippen molar-refractivity contribution in [3.63, 3.8) is 0 Å². The van der Waals surface area contributed by atoms with Gasteiger partial charge < -0.3 is 29.3 Å². The molecule has 246 valence electrons. The van der Waals surface area contributed by atoms with Crippen molar-refractivity contribution < 1.29 is 14.0 Å². The SMILES string of the molecule is COc1ccc(CC[N+]2(C3(Nc4ccc5c(c4)c(C)c(C)n5CCCN4CCN(C)CC4)C=CC=CC3)CCN(C=O)CC2)cc1. The fourth-order valence-electron chi connectivity index (χ4n) is 7.89. The third kappa shape index (κ3) is 6.61. The molecule has 2 fully saturated rings. The monoisotopic (exact) mass is 625 g/mol. The van der Waals surface area contributed by atoms with E-state index in [0.29, 0.717) is 0 Å². The average molecular weight is 626 g/mol. The summed E-state index contributed by atoms with van der Waals surface area (Å²) in [5.41, 5.74) is 6.23. The lowest BCUT2D eigenvalue weighted by Gasteiger charge is -2.55. The van der Waals surface area contributed by atoms with Crippen LogP contribution in [-0.4, -0.2) is 115 Å². The molecule has 1 amide bonds. The summed E-state index contributed by atoms with van der Waals surface area (Å²) >= 11 is 0. The Morgan fingerprint density at radius 3 is 2.39 bits per heavy atom. The Bertz CT molecular complexity index is 1540. The van der Waals surface area contributed by atoms with E-state index >= 15 is 0 Å². The molecule has 8 nitrogen and oxygen atoms in total. The highest BCUT2D eigenvalue weighted by atomic mass is 16.5. The molecule has 2 aliphatic heterocycles. The second-order valence-corrected chi connectivity index (χ2v) is 13.7.